The highest BCUT2D eigenvalue weighted by Gasteiger charge is 2.38. The monoisotopic (exact) mass is 239 g/mol. The zero-order valence-electron chi connectivity index (χ0n) is 10.0. The number of aryl methyl sites for hydroxylation is 1. The number of aliphatic carboxylic acids is 1. The van der Waals surface area contributed by atoms with Gasteiger partial charge in [-0.05, 0) is 6.92 Å². The van der Waals surface area contributed by atoms with E-state index in [9.17, 15) is 4.79 Å². The van der Waals surface area contributed by atoms with E-state index in [2.05, 4.69) is 4.98 Å². The summed E-state index contributed by atoms with van der Waals surface area (Å²) in [6, 6.07) is -0.140. The molecule has 1 aromatic rings. The maximum atomic E-state index is 11.2. The third kappa shape index (κ3) is 2.12. The molecule has 1 N–H and O–H groups in total. The lowest BCUT2D eigenvalue weighted by atomic mass is 10.0. The maximum Gasteiger partial charge on any atom is 0.311 e. The van der Waals surface area contributed by atoms with Crippen LogP contribution in [-0.4, -0.2) is 46.4 Å². The molecule has 1 fully saturated rings. The SMILES string of the molecule is CCN(c1nccn1C)C1COCC1C(=O)O. The zero-order chi connectivity index (χ0) is 12.4. The van der Waals surface area contributed by atoms with E-state index in [-0.39, 0.29) is 12.6 Å². The van der Waals surface area contributed by atoms with Crippen LogP contribution in [-0.2, 0) is 16.6 Å². The summed E-state index contributed by atoms with van der Waals surface area (Å²) < 4.78 is 7.18. The summed E-state index contributed by atoms with van der Waals surface area (Å²) in [7, 11) is 1.90. The molecule has 0 aromatic carbocycles. The Kier molecular flexibility index (Phi) is 3.33. The number of hydrogen-bond donors (Lipinski definition) is 1. The van der Waals surface area contributed by atoms with E-state index < -0.39 is 11.9 Å². The first-order valence-electron chi connectivity index (χ1n) is 5.69. The summed E-state index contributed by atoms with van der Waals surface area (Å²) >= 11 is 0. The van der Waals surface area contributed by atoms with Crippen LogP contribution in [0.3, 0.4) is 0 Å². The fourth-order valence-corrected chi connectivity index (χ4v) is 2.24. The third-order valence-electron chi connectivity index (χ3n) is 3.16. The molecule has 2 atom stereocenters. The van der Waals surface area contributed by atoms with E-state index >= 15 is 0 Å². The van der Waals surface area contributed by atoms with Crippen molar-refractivity contribution in [2.75, 3.05) is 24.7 Å². The average Bonchev–Trinajstić information content (AvgIpc) is 2.90. The van der Waals surface area contributed by atoms with Gasteiger partial charge in [0.25, 0.3) is 0 Å². The Morgan fingerprint density at radius 3 is 3.00 bits per heavy atom. The Morgan fingerprint density at radius 2 is 2.47 bits per heavy atom. The minimum atomic E-state index is -0.805. The second kappa shape index (κ2) is 4.75. The van der Waals surface area contributed by atoms with Gasteiger partial charge in [-0.3, -0.25) is 4.79 Å². The molecule has 17 heavy (non-hydrogen) atoms. The van der Waals surface area contributed by atoms with Gasteiger partial charge >= 0.3 is 5.97 Å². The highest BCUT2D eigenvalue weighted by Crippen LogP contribution is 2.24. The van der Waals surface area contributed by atoms with Crippen molar-refractivity contribution in [3.63, 3.8) is 0 Å². The minimum absolute atomic E-state index is 0.140. The smallest absolute Gasteiger partial charge is 0.311 e. The van der Waals surface area contributed by atoms with Gasteiger partial charge in [0.05, 0.1) is 19.3 Å². The highest BCUT2D eigenvalue weighted by atomic mass is 16.5. The molecule has 2 heterocycles. The molecule has 0 aliphatic carbocycles. The summed E-state index contributed by atoms with van der Waals surface area (Å²) in [5, 5.41) is 9.16. The van der Waals surface area contributed by atoms with Crippen molar-refractivity contribution in [2.24, 2.45) is 13.0 Å². The number of carboxylic acid groups (broad SMARTS) is 1. The molecular formula is C11H17N3O3. The van der Waals surface area contributed by atoms with Gasteiger partial charge in [0, 0.05) is 26.0 Å². The molecule has 94 valence electrons. The first kappa shape index (κ1) is 11.9. The van der Waals surface area contributed by atoms with E-state index in [1.807, 2.05) is 29.6 Å². The number of carbonyl (C=O) groups is 1. The number of likely N-dealkylation sites (N-methyl/N-ethyl adjacent to an activating group) is 1. The molecule has 1 saturated heterocycles. The van der Waals surface area contributed by atoms with E-state index in [4.69, 9.17) is 9.84 Å². The van der Waals surface area contributed by atoms with Crippen molar-refractivity contribution in [1.82, 2.24) is 9.55 Å². The second-order valence-corrected chi connectivity index (χ2v) is 4.17. The van der Waals surface area contributed by atoms with Crippen LogP contribution in [0.25, 0.3) is 0 Å². The van der Waals surface area contributed by atoms with Gasteiger partial charge < -0.3 is 19.3 Å². The quantitative estimate of drug-likeness (QED) is 0.821. The van der Waals surface area contributed by atoms with Crippen LogP contribution in [0.15, 0.2) is 12.4 Å². The number of nitrogens with zero attached hydrogens (tertiary/aromatic N) is 3. The zero-order valence-corrected chi connectivity index (χ0v) is 10.0. The fraction of sp³-hybridized carbons (Fsp3) is 0.636. The van der Waals surface area contributed by atoms with Gasteiger partial charge in [0.1, 0.15) is 5.92 Å². The van der Waals surface area contributed by atoms with Crippen molar-refractivity contribution in [1.29, 1.82) is 0 Å². The predicted molar refractivity (Wildman–Crippen MR) is 62.0 cm³/mol. The lowest BCUT2D eigenvalue weighted by Crippen LogP contribution is -2.44. The van der Waals surface area contributed by atoms with Gasteiger partial charge in [-0.2, -0.15) is 0 Å². The molecule has 0 spiro atoms. The van der Waals surface area contributed by atoms with Crippen molar-refractivity contribution < 1.29 is 14.6 Å². The average molecular weight is 239 g/mol. The highest BCUT2D eigenvalue weighted by molar-refractivity contribution is 5.72. The Hall–Kier alpha value is -1.56. The van der Waals surface area contributed by atoms with E-state index in [1.165, 1.54) is 0 Å². The van der Waals surface area contributed by atoms with Crippen LogP contribution in [0.5, 0.6) is 0 Å². The van der Waals surface area contributed by atoms with Crippen LogP contribution in [0.1, 0.15) is 6.92 Å². The van der Waals surface area contributed by atoms with Crippen LogP contribution in [0, 0.1) is 5.92 Å². The van der Waals surface area contributed by atoms with Crippen molar-refractivity contribution in [3.8, 4) is 0 Å². The molecular weight excluding hydrogens is 222 g/mol. The van der Waals surface area contributed by atoms with Crippen molar-refractivity contribution >= 4 is 11.9 Å². The summed E-state index contributed by atoms with van der Waals surface area (Å²) in [5.41, 5.74) is 0. The molecule has 6 nitrogen and oxygen atoms in total. The molecule has 0 amide bonds. The Bertz CT molecular complexity index is 404. The summed E-state index contributed by atoms with van der Waals surface area (Å²) in [5.74, 6) is -0.499. The molecule has 1 aromatic heterocycles. The molecule has 0 saturated carbocycles. The second-order valence-electron chi connectivity index (χ2n) is 4.17. The predicted octanol–water partition coefficient (Wildman–Crippen LogP) is 0.346. The number of imidazole rings is 1. The van der Waals surface area contributed by atoms with Gasteiger partial charge in [-0.1, -0.05) is 0 Å². The topological polar surface area (TPSA) is 67.6 Å². The summed E-state index contributed by atoms with van der Waals surface area (Å²) in [6.07, 6.45) is 3.56. The largest absolute Gasteiger partial charge is 0.481 e. The molecule has 6 heteroatoms. The lowest BCUT2D eigenvalue weighted by molar-refractivity contribution is -0.141. The summed E-state index contributed by atoms with van der Waals surface area (Å²) in [4.78, 5) is 17.4. The lowest BCUT2D eigenvalue weighted by Gasteiger charge is -2.30. The van der Waals surface area contributed by atoms with Crippen LogP contribution in [0.2, 0.25) is 0 Å². The molecule has 0 radical (unpaired) electrons. The molecule has 0 bridgehead atoms. The number of ether oxygens (including phenoxy) is 1. The summed E-state index contributed by atoms with van der Waals surface area (Å²) in [6.45, 7) is 3.42. The Balaban J connectivity index is 2.24. The van der Waals surface area contributed by atoms with Gasteiger partial charge in [-0.25, -0.2) is 4.98 Å². The molecule has 1 aliphatic rings. The number of anilines is 1. The number of carboxylic acids is 1. The van der Waals surface area contributed by atoms with E-state index in [0.717, 1.165) is 5.95 Å². The van der Waals surface area contributed by atoms with Crippen LogP contribution < -0.4 is 4.90 Å². The first-order valence-corrected chi connectivity index (χ1v) is 5.69. The van der Waals surface area contributed by atoms with Gasteiger partial charge in [0.15, 0.2) is 0 Å². The van der Waals surface area contributed by atoms with E-state index in [1.54, 1.807) is 6.20 Å². The standard InChI is InChI=1S/C11H17N3O3/c1-3-14(11-12-4-5-13(11)2)9-7-17-6-8(9)10(15)16/h4-5,8-9H,3,6-7H2,1-2H3,(H,15,16). The van der Waals surface area contributed by atoms with Gasteiger partial charge in [0.2, 0.25) is 5.95 Å². The first-order chi connectivity index (χ1) is 8.15. The van der Waals surface area contributed by atoms with Crippen LogP contribution >= 0.6 is 0 Å². The number of hydrogen-bond acceptors (Lipinski definition) is 4. The van der Waals surface area contributed by atoms with Crippen molar-refractivity contribution in [2.45, 2.75) is 13.0 Å². The van der Waals surface area contributed by atoms with Crippen LogP contribution in [0.4, 0.5) is 5.95 Å². The number of aromatic nitrogens is 2. The van der Waals surface area contributed by atoms with Crippen molar-refractivity contribution in [3.05, 3.63) is 12.4 Å². The molecule has 1 aliphatic heterocycles. The molecule has 2 unspecified atom stereocenters. The molecule has 2 rings (SSSR count). The Labute approximate surface area is 99.8 Å². The normalized spacial score (nSPS) is 23.9. The number of rotatable bonds is 4. The Morgan fingerprint density at radius 1 is 1.71 bits per heavy atom. The van der Waals surface area contributed by atoms with Gasteiger partial charge in [-0.15, -0.1) is 0 Å². The third-order valence-corrected chi connectivity index (χ3v) is 3.16. The maximum absolute atomic E-state index is 11.2. The fourth-order valence-electron chi connectivity index (χ4n) is 2.24. The minimum Gasteiger partial charge on any atom is -0.481 e. The van der Waals surface area contributed by atoms with E-state index in [0.29, 0.717) is 13.2 Å².